The van der Waals surface area contributed by atoms with E-state index in [1.54, 1.807) is 0 Å². The van der Waals surface area contributed by atoms with Crippen molar-refractivity contribution in [3.05, 3.63) is 205 Å². The highest BCUT2D eigenvalue weighted by Crippen LogP contribution is 2.49. The van der Waals surface area contributed by atoms with Crippen molar-refractivity contribution in [2.45, 2.75) is 6.42 Å². The van der Waals surface area contributed by atoms with Crippen molar-refractivity contribution in [3.8, 4) is 11.1 Å². The molecular weight excluding hydrogens is 617 g/mol. The monoisotopic (exact) mass is 650 g/mol. The summed E-state index contributed by atoms with van der Waals surface area (Å²) in [5.74, 6) is 0. The highest BCUT2D eigenvalue weighted by Gasteiger charge is 2.27. The Balaban J connectivity index is 1.14. The molecule has 0 amide bonds. The zero-order chi connectivity index (χ0) is 33.7. The van der Waals surface area contributed by atoms with Crippen LogP contribution in [0.25, 0.3) is 43.4 Å². The summed E-state index contributed by atoms with van der Waals surface area (Å²) in [6, 6.07) is 70.7. The maximum absolute atomic E-state index is 2.49. The summed E-state index contributed by atoms with van der Waals surface area (Å²) in [5, 5.41) is 7.56. The highest BCUT2D eigenvalue weighted by atomic mass is 15.2. The molecule has 10 rings (SSSR count). The Morgan fingerprint density at radius 2 is 0.941 bits per heavy atom. The second-order valence-electron chi connectivity index (χ2n) is 13.4. The molecule has 9 aromatic carbocycles. The lowest BCUT2D eigenvalue weighted by Gasteiger charge is -2.35. The number of fused-ring (bicyclic) bond motifs is 7. The third kappa shape index (κ3) is 4.95. The molecule has 1 aliphatic rings. The average molecular weight is 651 g/mol. The summed E-state index contributed by atoms with van der Waals surface area (Å²) in [4.78, 5) is 4.88. The SMILES string of the molecule is c1ccc(-c2ccc(N(c3ccc(N4c5ccc6ccccc6c5Cc5ccc6ccccc6c54)cc3)c3cccc4ccccc34)cc2)cc1. The Hall–Kier alpha value is -6.64. The molecule has 1 aliphatic heterocycles. The number of benzene rings is 9. The normalized spacial score (nSPS) is 12.2. The van der Waals surface area contributed by atoms with E-state index >= 15 is 0 Å². The van der Waals surface area contributed by atoms with Crippen molar-refractivity contribution < 1.29 is 0 Å². The Kier molecular flexibility index (Phi) is 6.92. The Morgan fingerprint density at radius 1 is 0.392 bits per heavy atom. The van der Waals surface area contributed by atoms with Gasteiger partial charge in [-0.1, -0.05) is 146 Å². The van der Waals surface area contributed by atoms with Crippen LogP contribution < -0.4 is 9.80 Å². The molecule has 2 nitrogen and oxygen atoms in total. The van der Waals surface area contributed by atoms with E-state index in [0.29, 0.717) is 0 Å². The van der Waals surface area contributed by atoms with Gasteiger partial charge in [-0.25, -0.2) is 0 Å². The topological polar surface area (TPSA) is 6.48 Å². The van der Waals surface area contributed by atoms with Crippen LogP contribution in [0.4, 0.5) is 34.1 Å². The summed E-state index contributed by atoms with van der Waals surface area (Å²) in [6.07, 6.45) is 0.902. The molecule has 51 heavy (non-hydrogen) atoms. The predicted octanol–water partition coefficient (Wildman–Crippen LogP) is 13.7. The van der Waals surface area contributed by atoms with Crippen LogP contribution in [0, 0.1) is 0 Å². The van der Waals surface area contributed by atoms with Gasteiger partial charge in [0.2, 0.25) is 0 Å². The Morgan fingerprint density at radius 3 is 1.69 bits per heavy atom. The molecule has 0 unspecified atom stereocenters. The standard InChI is InChI=1S/C49H34N2/c1-2-11-34(12-3-1)35-23-26-40(27-24-35)50(47-20-10-16-36-13-5-8-18-44(36)47)41-28-30-42(31-29-41)51-48-32-25-37-14-4-7-17-43(37)46(48)33-39-22-21-38-15-6-9-19-45(38)49(39)51/h1-32H,33H2. The van der Waals surface area contributed by atoms with E-state index in [9.17, 15) is 0 Å². The van der Waals surface area contributed by atoms with Crippen LogP contribution in [0.15, 0.2) is 194 Å². The molecule has 0 saturated heterocycles. The van der Waals surface area contributed by atoms with Crippen molar-refractivity contribution in [2.24, 2.45) is 0 Å². The molecule has 0 spiro atoms. The molecule has 0 radical (unpaired) electrons. The van der Waals surface area contributed by atoms with Gasteiger partial charge in [0.1, 0.15) is 0 Å². The van der Waals surface area contributed by atoms with Crippen molar-refractivity contribution in [3.63, 3.8) is 0 Å². The van der Waals surface area contributed by atoms with Crippen molar-refractivity contribution in [1.82, 2.24) is 0 Å². The van der Waals surface area contributed by atoms with Gasteiger partial charge in [-0.15, -0.1) is 0 Å². The fourth-order valence-electron chi connectivity index (χ4n) is 8.02. The minimum Gasteiger partial charge on any atom is -0.310 e. The van der Waals surface area contributed by atoms with E-state index in [0.717, 1.165) is 29.2 Å². The zero-order valence-electron chi connectivity index (χ0n) is 28.1. The molecule has 0 aromatic heterocycles. The van der Waals surface area contributed by atoms with Crippen LogP contribution in [-0.2, 0) is 6.42 Å². The van der Waals surface area contributed by atoms with Crippen LogP contribution in [-0.4, -0.2) is 0 Å². The summed E-state index contributed by atoms with van der Waals surface area (Å²) < 4.78 is 0. The number of rotatable bonds is 5. The lowest BCUT2D eigenvalue weighted by Crippen LogP contribution is -2.19. The average Bonchev–Trinajstić information content (AvgIpc) is 3.21. The van der Waals surface area contributed by atoms with Gasteiger partial charge in [0.15, 0.2) is 0 Å². The Bertz CT molecular complexity index is 2710. The summed E-state index contributed by atoms with van der Waals surface area (Å²) >= 11 is 0. The van der Waals surface area contributed by atoms with Gasteiger partial charge in [0.05, 0.1) is 17.1 Å². The van der Waals surface area contributed by atoms with Crippen molar-refractivity contribution in [1.29, 1.82) is 0 Å². The first-order valence-corrected chi connectivity index (χ1v) is 17.6. The molecule has 0 bridgehead atoms. The number of hydrogen-bond donors (Lipinski definition) is 0. The molecule has 0 aliphatic carbocycles. The second-order valence-corrected chi connectivity index (χ2v) is 13.4. The minimum absolute atomic E-state index is 0.902. The summed E-state index contributed by atoms with van der Waals surface area (Å²) in [6.45, 7) is 0. The van der Waals surface area contributed by atoms with Gasteiger partial charge in [0, 0.05) is 34.3 Å². The maximum atomic E-state index is 2.49. The van der Waals surface area contributed by atoms with E-state index in [1.807, 2.05) is 0 Å². The van der Waals surface area contributed by atoms with Crippen LogP contribution in [0.2, 0.25) is 0 Å². The summed E-state index contributed by atoms with van der Waals surface area (Å²) in [7, 11) is 0. The summed E-state index contributed by atoms with van der Waals surface area (Å²) in [5.41, 5.74) is 12.2. The first-order valence-electron chi connectivity index (χ1n) is 17.6. The molecule has 2 heteroatoms. The highest BCUT2D eigenvalue weighted by molar-refractivity contribution is 6.05. The lowest BCUT2D eigenvalue weighted by molar-refractivity contribution is 1.11. The van der Waals surface area contributed by atoms with Crippen LogP contribution in [0.1, 0.15) is 11.1 Å². The molecule has 0 atom stereocenters. The maximum Gasteiger partial charge on any atom is 0.0575 e. The molecule has 0 saturated carbocycles. The van der Waals surface area contributed by atoms with Crippen molar-refractivity contribution >= 4 is 66.4 Å². The van der Waals surface area contributed by atoms with Gasteiger partial charge in [-0.2, -0.15) is 0 Å². The van der Waals surface area contributed by atoms with Crippen LogP contribution in [0.3, 0.4) is 0 Å². The molecule has 1 heterocycles. The fourth-order valence-corrected chi connectivity index (χ4v) is 8.02. The molecule has 0 fully saturated rings. The number of anilines is 6. The molecular formula is C49H34N2. The van der Waals surface area contributed by atoms with Crippen LogP contribution >= 0.6 is 0 Å². The molecule has 240 valence electrons. The first kappa shape index (κ1) is 29.3. The predicted molar refractivity (Wildman–Crippen MR) is 217 cm³/mol. The van der Waals surface area contributed by atoms with Gasteiger partial charge in [0.25, 0.3) is 0 Å². The largest absolute Gasteiger partial charge is 0.310 e. The fraction of sp³-hybridized carbons (Fsp3) is 0.0204. The van der Waals surface area contributed by atoms with Gasteiger partial charge in [-0.05, 0) is 92.3 Å². The van der Waals surface area contributed by atoms with E-state index in [4.69, 9.17) is 0 Å². The van der Waals surface area contributed by atoms with E-state index < -0.39 is 0 Å². The Labute approximate surface area is 298 Å². The third-order valence-electron chi connectivity index (χ3n) is 10.4. The van der Waals surface area contributed by atoms with E-state index in [1.165, 1.54) is 65.9 Å². The number of hydrogen-bond acceptors (Lipinski definition) is 2. The van der Waals surface area contributed by atoms with Crippen molar-refractivity contribution in [2.75, 3.05) is 9.80 Å². The number of nitrogens with zero attached hydrogens (tertiary/aromatic N) is 2. The zero-order valence-corrected chi connectivity index (χ0v) is 28.1. The smallest absolute Gasteiger partial charge is 0.0575 e. The minimum atomic E-state index is 0.902. The lowest BCUT2D eigenvalue weighted by atomic mass is 9.89. The van der Waals surface area contributed by atoms with Crippen LogP contribution in [0.5, 0.6) is 0 Å². The van der Waals surface area contributed by atoms with Gasteiger partial charge < -0.3 is 9.80 Å². The van der Waals surface area contributed by atoms with Gasteiger partial charge >= 0.3 is 0 Å². The molecule has 0 N–H and O–H groups in total. The first-order chi connectivity index (χ1) is 25.3. The quantitative estimate of drug-likeness (QED) is 0.183. The third-order valence-corrected chi connectivity index (χ3v) is 10.4. The van der Waals surface area contributed by atoms with E-state index in [-0.39, 0.29) is 0 Å². The second kappa shape index (κ2) is 12.0. The van der Waals surface area contributed by atoms with E-state index in [2.05, 4.69) is 204 Å². The molecule has 9 aromatic rings. The van der Waals surface area contributed by atoms with Gasteiger partial charge in [-0.3, -0.25) is 0 Å².